The SMILES string of the molecule is C[C@H](C#N)C[C@@H](NC(=O)CC(c1ccccc1)(c1ccccc1)c1ccccc1)C(=O)O. The summed E-state index contributed by atoms with van der Waals surface area (Å²) in [4.78, 5) is 25.0. The van der Waals surface area contributed by atoms with Crippen LogP contribution in [0, 0.1) is 17.2 Å². The highest BCUT2D eigenvalue weighted by Crippen LogP contribution is 2.42. The third-order valence-corrected chi connectivity index (χ3v) is 5.67. The van der Waals surface area contributed by atoms with Crippen LogP contribution >= 0.6 is 0 Å². The molecule has 5 heteroatoms. The van der Waals surface area contributed by atoms with Gasteiger partial charge in [0.2, 0.25) is 5.91 Å². The predicted molar refractivity (Wildman–Crippen MR) is 123 cm³/mol. The zero-order chi connectivity index (χ0) is 23.0. The first-order valence-corrected chi connectivity index (χ1v) is 10.6. The second-order valence-corrected chi connectivity index (χ2v) is 7.90. The molecular formula is C27H26N2O3. The van der Waals surface area contributed by atoms with Crippen molar-refractivity contribution in [2.24, 2.45) is 5.92 Å². The summed E-state index contributed by atoms with van der Waals surface area (Å²) in [5.41, 5.74) is 2.00. The molecule has 3 rings (SSSR count). The molecule has 0 heterocycles. The average molecular weight is 427 g/mol. The van der Waals surface area contributed by atoms with Crippen molar-refractivity contribution in [3.63, 3.8) is 0 Å². The minimum atomic E-state index is -1.15. The molecule has 2 atom stereocenters. The first-order chi connectivity index (χ1) is 15.5. The van der Waals surface area contributed by atoms with Crippen molar-refractivity contribution in [1.29, 1.82) is 5.26 Å². The summed E-state index contributed by atoms with van der Waals surface area (Å²) in [6.45, 7) is 1.64. The van der Waals surface area contributed by atoms with Crippen LogP contribution in [0.5, 0.6) is 0 Å². The molecule has 2 N–H and O–H groups in total. The lowest BCUT2D eigenvalue weighted by atomic mass is 9.67. The number of carbonyl (C=O) groups is 2. The molecule has 5 nitrogen and oxygen atoms in total. The van der Waals surface area contributed by atoms with Gasteiger partial charge in [0.15, 0.2) is 0 Å². The van der Waals surface area contributed by atoms with Crippen molar-refractivity contribution in [3.05, 3.63) is 108 Å². The first kappa shape index (κ1) is 22.8. The van der Waals surface area contributed by atoms with Gasteiger partial charge in [-0.25, -0.2) is 4.79 Å². The number of nitrogens with one attached hydrogen (secondary N) is 1. The highest BCUT2D eigenvalue weighted by Gasteiger charge is 2.39. The standard InChI is InChI=1S/C27H26N2O3/c1-20(19-28)17-24(26(31)32)29-25(30)18-27(21-11-5-2-6-12-21,22-13-7-3-8-14-22)23-15-9-4-10-16-23/h2-16,20,24H,17-18H2,1H3,(H,29,30)(H,31,32)/t20-,24+/m0/s1. The van der Waals surface area contributed by atoms with E-state index in [2.05, 4.69) is 5.32 Å². The molecule has 0 spiro atoms. The Labute approximate surface area is 188 Å². The Morgan fingerprint density at radius 2 is 1.28 bits per heavy atom. The Morgan fingerprint density at radius 1 is 0.875 bits per heavy atom. The Balaban J connectivity index is 2.08. The van der Waals surface area contributed by atoms with Crippen LogP contribution in [0.25, 0.3) is 0 Å². The molecule has 0 radical (unpaired) electrons. The quantitative estimate of drug-likeness (QED) is 0.492. The van der Waals surface area contributed by atoms with Crippen molar-refractivity contribution >= 4 is 11.9 Å². The van der Waals surface area contributed by atoms with Crippen LogP contribution in [0.4, 0.5) is 0 Å². The molecule has 0 aromatic heterocycles. The Bertz CT molecular complexity index is 979. The van der Waals surface area contributed by atoms with Crippen molar-refractivity contribution in [2.75, 3.05) is 0 Å². The fraction of sp³-hybridized carbons (Fsp3) is 0.222. The molecule has 0 unspecified atom stereocenters. The number of benzene rings is 3. The van der Waals surface area contributed by atoms with Gasteiger partial charge in [0, 0.05) is 12.3 Å². The Morgan fingerprint density at radius 3 is 1.62 bits per heavy atom. The largest absolute Gasteiger partial charge is 0.480 e. The second-order valence-electron chi connectivity index (χ2n) is 7.90. The zero-order valence-corrected chi connectivity index (χ0v) is 17.9. The summed E-state index contributed by atoms with van der Waals surface area (Å²) in [7, 11) is 0. The Kier molecular flexibility index (Phi) is 7.41. The van der Waals surface area contributed by atoms with E-state index in [0.29, 0.717) is 0 Å². The topological polar surface area (TPSA) is 90.2 Å². The van der Waals surface area contributed by atoms with E-state index in [0.717, 1.165) is 16.7 Å². The fourth-order valence-corrected chi connectivity index (χ4v) is 4.09. The van der Waals surface area contributed by atoms with Crippen LogP contribution in [0.15, 0.2) is 91.0 Å². The van der Waals surface area contributed by atoms with Crippen LogP contribution in [-0.4, -0.2) is 23.0 Å². The minimum absolute atomic E-state index is 0.0236. The zero-order valence-electron chi connectivity index (χ0n) is 17.9. The van der Waals surface area contributed by atoms with Gasteiger partial charge < -0.3 is 10.4 Å². The number of amides is 1. The monoisotopic (exact) mass is 426 g/mol. The lowest BCUT2D eigenvalue weighted by Gasteiger charge is -2.36. The third-order valence-electron chi connectivity index (χ3n) is 5.67. The Hall–Kier alpha value is -3.91. The summed E-state index contributed by atoms with van der Waals surface area (Å²) in [6.07, 6.45) is 0.0718. The van der Waals surface area contributed by atoms with Crippen LogP contribution in [0.3, 0.4) is 0 Å². The van der Waals surface area contributed by atoms with Crippen molar-refractivity contribution in [2.45, 2.75) is 31.2 Å². The van der Waals surface area contributed by atoms with Crippen LogP contribution in [-0.2, 0) is 15.0 Å². The minimum Gasteiger partial charge on any atom is -0.480 e. The number of carboxylic acid groups (broad SMARTS) is 1. The maximum atomic E-state index is 13.3. The number of rotatable bonds is 9. The first-order valence-electron chi connectivity index (χ1n) is 10.6. The molecule has 0 saturated heterocycles. The summed E-state index contributed by atoms with van der Waals surface area (Å²) in [5, 5.41) is 21.3. The lowest BCUT2D eigenvalue weighted by Crippen LogP contribution is -2.45. The van der Waals surface area contributed by atoms with Crippen molar-refractivity contribution in [1.82, 2.24) is 5.32 Å². The highest BCUT2D eigenvalue weighted by atomic mass is 16.4. The van der Waals surface area contributed by atoms with E-state index < -0.39 is 23.3 Å². The molecule has 0 aliphatic heterocycles. The van der Waals surface area contributed by atoms with Crippen molar-refractivity contribution in [3.8, 4) is 6.07 Å². The number of carboxylic acids is 1. The van der Waals surface area contributed by atoms with Gasteiger partial charge >= 0.3 is 5.97 Å². The van der Waals surface area contributed by atoms with E-state index in [-0.39, 0.29) is 18.7 Å². The van der Waals surface area contributed by atoms with Crippen LogP contribution in [0.1, 0.15) is 36.5 Å². The summed E-state index contributed by atoms with van der Waals surface area (Å²) in [6, 6.07) is 30.2. The highest BCUT2D eigenvalue weighted by molar-refractivity contribution is 5.85. The van der Waals surface area contributed by atoms with E-state index in [1.807, 2.05) is 97.1 Å². The molecule has 1 amide bonds. The molecule has 0 aliphatic carbocycles. The molecular weight excluding hydrogens is 400 g/mol. The van der Waals surface area contributed by atoms with E-state index in [4.69, 9.17) is 5.26 Å². The van der Waals surface area contributed by atoms with Gasteiger partial charge in [-0.15, -0.1) is 0 Å². The number of nitriles is 1. The molecule has 0 saturated carbocycles. The van der Waals surface area contributed by atoms with Crippen LogP contribution < -0.4 is 5.32 Å². The van der Waals surface area contributed by atoms with Gasteiger partial charge in [-0.05, 0) is 30.0 Å². The second kappa shape index (κ2) is 10.4. The average Bonchev–Trinajstić information content (AvgIpc) is 2.83. The molecule has 0 bridgehead atoms. The van der Waals surface area contributed by atoms with E-state index in [9.17, 15) is 14.7 Å². The maximum Gasteiger partial charge on any atom is 0.326 e. The molecule has 0 fully saturated rings. The van der Waals surface area contributed by atoms with Crippen molar-refractivity contribution < 1.29 is 14.7 Å². The number of nitrogens with zero attached hydrogens (tertiary/aromatic N) is 1. The number of hydrogen-bond acceptors (Lipinski definition) is 3. The van der Waals surface area contributed by atoms with Gasteiger partial charge in [-0.1, -0.05) is 91.0 Å². The van der Waals surface area contributed by atoms with E-state index >= 15 is 0 Å². The normalized spacial score (nSPS) is 12.9. The van der Waals surface area contributed by atoms with E-state index in [1.54, 1.807) is 6.92 Å². The third kappa shape index (κ3) is 5.04. The lowest BCUT2D eigenvalue weighted by molar-refractivity contribution is -0.142. The molecule has 3 aromatic rings. The predicted octanol–water partition coefficient (Wildman–Crippen LogP) is 4.53. The number of hydrogen-bond donors (Lipinski definition) is 2. The van der Waals surface area contributed by atoms with Gasteiger partial charge in [-0.3, -0.25) is 4.79 Å². The molecule has 32 heavy (non-hydrogen) atoms. The summed E-state index contributed by atoms with van der Waals surface area (Å²) in [5.74, 6) is -2.03. The van der Waals surface area contributed by atoms with E-state index in [1.165, 1.54) is 0 Å². The van der Waals surface area contributed by atoms with Crippen LogP contribution in [0.2, 0.25) is 0 Å². The summed E-state index contributed by atoms with van der Waals surface area (Å²) < 4.78 is 0. The van der Waals surface area contributed by atoms with Gasteiger partial charge in [-0.2, -0.15) is 5.26 Å². The number of carbonyl (C=O) groups excluding carboxylic acids is 1. The molecule has 0 aliphatic rings. The fourth-order valence-electron chi connectivity index (χ4n) is 4.09. The molecule has 3 aromatic carbocycles. The molecule has 162 valence electrons. The number of aliphatic carboxylic acids is 1. The van der Waals surface area contributed by atoms with Gasteiger partial charge in [0.25, 0.3) is 0 Å². The van der Waals surface area contributed by atoms with Gasteiger partial charge in [0.05, 0.1) is 11.5 Å². The maximum absolute atomic E-state index is 13.3. The summed E-state index contributed by atoms with van der Waals surface area (Å²) >= 11 is 0. The van der Waals surface area contributed by atoms with Gasteiger partial charge in [0.1, 0.15) is 6.04 Å². The smallest absolute Gasteiger partial charge is 0.326 e.